The van der Waals surface area contributed by atoms with Crippen LogP contribution in [0.25, 0.3) is 0 Å². The molecule has 0 spiro atoms. The van der Waals surface area contributed by atoms with Gasteiger partial charge in [-0.15, -0.1) is 0 Å². The van der Waals surface area contributed by atoms with Crippen LogP contribution in [0.1, 0.15) is 50.8 Å². The zero-order chi connectivity index (χ0) is 14.7. The van der Waals surface area contributed by atoms with Crippen LogP contribution in [0, 0.1) is 11.7 Å². The van der Waals surface area contributed by atoms with Gasteiger partial charge in [0.1, 0.15) is 5.82 Å². The van der Waals surface area contributed by atoms with Crippen LogP contribution >= 0.6 is 0 Å². The number of pyridine rings is 1. The van der Waals surface area contributed by atoms with Gasteiger partial charge in [0.25, 0.3) is 0 Å². The smallest absolute Gasteiger partial charge is 0.141 e. The van der Waals surface area contributed by atoms with Crippen LogP contribution in [0.5, 0.6) is 0 Å². The summed E-state index contributed by atoms with van der Waals surface area (Å²) in [5.41, 5.74) is 1.00. The Labute approximate surface area is 126 Å². The summed E-state index contributed by atoms with van der Waals surface area (Å²) in [6.45, 7) is 5.62. The van der Waals surface area contributed by atoms with Crippen molar-refractivity contribution < 1.29 is 4.39 Å². The number of aromatic nitrogens is 1. The summed E-state index contributed by atoms with van der Waals surface area (Å²) in [4.78, 5) is 6.79. The quantitative estimate of drug-likeness (QED) is 0.873. The van der Waals surface area contributed by atoms with Gasteiger partial charge in [-0.1, -0.05) is 6.92 Å². The molecule has 0 radical (unpaired) electrons. The fraction of sp³-hybridized carbons (Fsp3) is 0.706. The Morgan fingerprint density at radius 1 is 1.29 bits per heavy atom. The van der Waals surface area contributed by atoms with E-state index in [9.17, 15) is 4.39 Å². The van der Waals surface area contributed by atoms with Crippen LogP contribution < -0.4 is 5.32 Å². The van der Waals surface area contributed by atoms with Crippen molar-refractivity contribution in [1.82, 2.24) is 15.2 Å². The molecular formula is C17H26FN3. The van der Waals surface area contributed by atoms with Crippen molar-refractivity contribution in [2.75, 3.05) is 19.6 Å². The Morgan fingerprint density at radius 3 is 2.62 bits per heavy atom. The average molecular weight is 291 g/mol. The number of nitrogens with zero attached hydrogens (tertiary/aromatic N) is 2. The molecule has 1 N–H and O–H groups in total. The molecule has 1 saturated heterocycles. The minimum absolute atomic E-state index is 0.253. The van der Waals surface area contributed by atoms with E-state index < -0.39 is 0 Å². The fourth-order valence-corrected chi connectivity index (χ4v) is 3.31. The molecule has 1 aliphatic heterocycles. The summed E-state index contributed by atoms with van der Waals surface area (Å²) >= 11 is 0. The van der Waals surface area contributed by atoms with Crippen molar-refractivity contribution in [1.29, 1.82) is 0 Å². The standard InChI is InChI=1S/C17H26FN3/c1-2-17(16-6-5-14(18)12-20-16)21-9-7-15(8-10-21)19-11-13-3-4-13/h5-6,12-13,15,17,19H,2-4,7-11H2,1H3. The Balaban J connectivity index is 1.52. The number of hydrogen-bond donors (Lipinski definition) is 1. The van der Waals surface area contributed by atoms with E-state index in [0.717, 1.165) is 31.1 Å². The first-order valence-electron chi connectivity index (χ1n) is 8.35. The molecule has 1 unspecified atom stereocenters. The first-order valence-corrected chi connectivity index (χ1v) is 8.35. The van der Waals surface area contributed by atoms with E-state index in [1.807, 2.05) is 6.07 Å². The van der Waals surface area contributed by atoms with Gasteiger partial charge in [-0.05, 0) is 56.7 Å². The van der Waals surface area contributed by atoms with E-state index in [0.29, 0.717) is 12.1 Å². The number of halogens is 1. The molecule has 1 aliphatic carbocycles. The molecule has 116 valence electrons. The van der Waals surface area contributed by atoms with Crippen LogP contribution in [-0.2, 0) is 0 Å². The van der Waals surface area contributed by atoms with Crippen molar-refractivity contribution >= 4 is 0 Å². The van der Waals surface area contributed by atoms with Crippen molar-refractivity contribution in [2.45, 2.75) is 51.1 Å². The molecule has 2 aliphatic rings. The van der Waals surface area contributed by atoms with Crippen LogP contribution in [0.4, 0.5) is 4.39 Å². The largest absolute Gasteiger partial charge is 0.314 e. The van der Waals surface area contributed by atoms with Gasteiger partial charge in [0.05, 0.1) is 17.9 Å². The normalized spacial score (nSPS) is 22.4. The molecule has 1 aromatic heterocycles. The number of hydrogen-bond acceptors (Lipinski definition) is 3. The maximum atomic E-state index is 13.0. The lowest BCUT2D eigenvalue weighted by Gasteiger charge is -2.37. The second kappa shape index (κ2) is 6.84. The summed E-state index contributed by atoms with van der Waals surface area (Å²) in [7, 11) is 0. The molecule has 3 nitrogen and oxygen atoms in total. The maximum Gasteiger partial charge on any atom is 0.141 e. The predicted molar refractivity (Wildman–Crippen MR) is 82.5 cm³/mol. The van der Waals surface area contributed by atoms with Crippen molar-refractivity contribution in [2.24, 2.45) is 5.92 Å². The van der Waals surface area contributed by atoms with Gasteiger partial charge in [0.2, 0.25) is 0 Å². The van der Waals surface area contributed by atoms with Crippen molar-refractivity contribution in [3.05, 3.63) is 29.8 Å². The van der Waals surface area contributed by atoms with Gasteiger partial charge >= 0.3 is 0 Å². The summed E-state index contributed by atoms with van der Waals surface area (Å²) in [5.74, 6) is 0.700. The molecule has 2 heterocycles. The number of piperidine rings is 1. The number of rotatable bonds is 6. The monoisotopic (exact) mass is 291 g/mol. The minimum Gasteiger partial charge on any atom is -0.314 e. The van der Waals surface area contributed by atoms with Crippen LogP contribution in [0.2, 0.25) is 0 Å². The van der Waals surface area contributed by atoms with Gasteiger partial charge in [-0.25, -0.2) is 4.39 Å². The van der Waals surface area contributed by atoms with E-state index in [-0.39, 0.29) is 5.82 Å². The Bertz CT molecular complexity index is 436. The molecule has 21 heavy (non-hydrogen) atoms. The third-order valence-electron chi connectivity index (χ3n) is 4.84. The highest BCUT2D eigenvalue weighted by Gasteiger charge is 2.27. The summed E-state index contributed by atoms with van der Waals surface area (Å²) in [5, 5.41) is 3.72. The number of nitrogens with one attached hydrogen (secondary N) is 1. The lowest BCUT2D eigenvalue weighted by atomic mass is 10.00. The van der Waals surface area contributed by atoms with Gasteiger partial charge in [0, 0.05) is 19.1 Å². The summed E-state index contributed by atoms with van der Waals surface area (Å²) in [6, 6.07) is 4.37. The molecule has 0 amide bonds. The topological polar surface area (TPSA) is 28.2 Å². The minimum atomic E-state index is -0.253. The zero-order valence-corrected chi connectivity index (χ0v) is 12.9. The molecule has 2 fully saturated rings. The van der Waals surface area contributed by atoms with Gasteiger partial charge in [-0.2, -0.15) is 0 Å². The Morgan fingerprint density at radius 2 is 2.05 bits per heavy atom. The average Bonchev–Trinajstić information content (AvgIpc) is 3.33. The third kappa shape index (κ3) is 4.01. The molecule has 1 saturated carbocycles. The highest BCUT2D eigenvalue weighted by Crippen LogP contribution is 2.29. The second-order valence-electron chi connectivity index (χ2n) is 6.49. The van der Waals surface area contributed by atoms with Crippen LogP contribution in [0.3, 0.4) is 0 Å². The Kier molecular flexibility index (Phi) is 4.86. The van der Waals surface area contributed by atoms with Crippen LogP contribution in [0.15, 0.2) is 18.3 Å². The first kappa shape index (κ1) is 14.9. The van der Waals surface area contributed by atoms with Crippen molar-refractivity contribution in [3.8, 4) is 0 Å². The highest BCUT2D eigenvalue weighted by atomic mass is 19.1. The zero-order valence-electron chi connectivity index (χ0n) is 12.9. The van der Waals surface area contributed by atoms with E-state index in [1.54, 1.807) is 0 Å². The van der Waals surface area contributed by atoms with E-state index in [2.05, 4.69) is 22.1 Å². The molecule has 0 aromatic carbocycles. The lowest BCUT2D eigenvalue weighted by molar-refractivity contribution is 0.136. The molecule has 1 atom stereocenters. The molecule has 4 heteroatoms. The molecule has 0 bridgehead atoms. The van der Waals surface area contributed by atoms with E-state index >= 15 is 0 Å². The Hall–Kier alpha value is -1.00. The summed E-state index contributed by atoms with van der Waals surface area (Å²) in [6.07, 6.45) is 7.62. The van der Waals surface area contributed by atoms with Gasteiger partial charge < -0.3 is 5.32 Å². The molecule has 1 aromatic rings. The SMILES string of the molecule is CCC(c1ccc(F)cn1)N1CCC(NCC2CC2)CC1. The highest BCUT2D eigenvalue weighted by molar-refractivity contribution is 5.10. The third-order valence-corrected chi connectivity index (χ3v) is 4.84. The van der Waals surface area contributed by atoms with Crippen LogP contribution in [-0.4, -0.2) is 35.6 Å². The maximum absolute atomic E-state index is 13.0. The van der Waals surface area contributed by atoms with Crippen molar-refractivity contribution in [3.63, 3.8) is 0 Å². The second-order valence-corrected chi connectivity index (χ2v) is 6.49. The van der Waals surface area contributed by atoms with E-state index in [4.69, 9.17) is 0 Å². The fourth-order valence-electron chi connectivity index (χ4n) is 3.31. The number of likely N-dealkylation sites (tertiary alicyclic amines) is 1. The molecular weight excluding hydrogens is 265 g/mol. The first-order chi connectivity index (χ1) is 10.3. The lowest BCUT2D eigenvalue weighted by Crippen LogP contribution is -2.44. The molecule has 3 rings (SSSR count). The summed E-state index contributed by atoms with van der Waals surface area (Å²) < 4.78 is 13.0. The van der Waals surface area contributed by atoms with E-state index in [1.165, 1.54) is 44.5 Å². The van der Waals surface area contributed by atoms with Gasteiger partial charge in [-0.3, -0.25) is 9.88 Å². The van der Waals surface area contributed by atoms with Gasteiger partial charge in [0.15, 0.2) is 0 Å². The predicted octanol–water partition coefficient (Wildman–Crippen LogP) is 3.14.